The molecule has 1 aliphatic rings. The van der Waals surface area contributed by atoms with Crippen LogP contribution in [0, 0.1) is 0 Å². The molecule has 0 atom stereocenters. The average molecular weight is 355 g/mol. The van der Waals surface area contributed by atoms with Crippen LogP contribution in [0.3, 0.4) is 0 Å². The second-order valence-corrected chi connectivity index (χ2v) is 6.25. The summed E-state index contributed by atoms with van der Waals surface area (Å²) in [6.07, 6.45) is 8.21. The first kappa shape index (κ1) is 18.0. The molecule has 3 heterocycles. The molecule has 0 spiro atoms. The lowest BCUT2D eigenvalue weighted by Crippen LogP contribution is -2.47. The van der Waals surface area contributed by atoms with Crippen LogP contribution in [0.15, 0.2) is 30.9 Å². The molecule has 0 aliphatic carbocycles. The van der Waals surface area contributed by atoms with Gasteiger partial charge in [-0.2, -0.15) is 0 Å². The summed E-state index contributed by atoms with van der Waals surface area (Å²) in [4.78, 5) is 33.6. The molecule has 1 saturated heterocycles. The molecular formula is C18H25N7O. The maximum atomic E-state index is 12.2. The van der Waals surface area contributed by atoms with Crippen LogP contribution in [0.5, 0.6) is 0 Å². The fraction of sp³-hybridized carbons (Fsp3) is 0.500. The van der Waals surface area contributed by atoms with Crippen molar-refractivity contribution in [3.8, 4) is 0 Å². The molecule has 2 aromatic rings. The number of nitrogens with one attached hydrogen (secondary N) is 1. The maximum Gasteiger partial charge on any atom is 0.270 e. The maximum absolute atomic E-state index is 12.2. The van der Waals surface area contributed by atoms with Gasteiger partial charge in [0.05, 0.1) is 0 Å². The number of carbonyl (C=O) groups excluding carboxylic acids is 1. The van der Waals surface area contributed by atoms with Crippen molar-refractivity contribution in [3.05, 3.63) is 36.5 Å². The Labute approximate surface area is 153 Å². The van der Waals surface area contributed by atoms with E-state index in [-0.39, 0.29) is 5.91 Å². The molecule has 0 bridgehead atoms. The molecule has 1 aliphatic heterocycles. The number of unbranched alkanes of at least 4 members (excludes halogenated alkanes) is 2. The van der Waals surface area contributed by atoms with Gasteiger partial charge in [-0.1, -0.05) is 19.8 Å². The highest BCUT2D eigenvalue weighted by Crippen LogP contribution is 2.16. The highest BCUT2D eigenvalue weighted by Gasteiger charge is 2.20. The van der Waals surface area contributed by atoms with Crippen molar-refractivity contribution in [1.82, 2.24) is 25.3 Å². The number of nitrogens with zero attached hydrogens (tertiary/aromatic N) is 6. The van der Waals surface area contributed by atoms with E-state index in [2.05, 4.69) is 42.0 Å². The third-order valence-electron chi connectivity index (χ3n) is 4.39. The van der Waals surface area contributed by atoms with Gasteiger partial charge in [0.15, 0.2) is 0 Å². The molecule has 1 N–H and O–H groups in total. The number of hydrogen-bond donors (Lipinski definition) is 1. The van der Waals surface area contributed by atoms with Crippen LogP contribution in [0.25, 0.3) is 0 Å². The van der Waals surface area contributed by atoms with Gasteiger partial charge < -0.3 is 15.1 Å². The number of carbonyl (C=O) groups is 1. The van der Waals surface area contributed by atoms with Gasteiger partial charge in [0.1, 0.15) is 17.8 Å². The van der Waals surface area contributed by atoms with E-state index in [1.54, 1.807) is 18.5 Å². The van der Waals surface area contributed by atoms with E-state index in [0.29, 0.717) is 12.2 Å². The summed E-state index contributed by atoms with van der Waals surface area (Å²) in [5.41, 5.74) is 0.417. The minimum atomic E-state index is -0.138. The van der Waals surface area contributed by atoms with Crippen molar-refractivity contribution in [2.75, 3.05) is 42.5 Å². The quantitative estimate of drug-likeness (QED) is 0.753. The number of piperazine rings is 1. The molecule has 0 unspecified atom stereocenters. The van der Waals surface area contributed by atoms with Crippen molar-refractivity contribution in [2.24, 2.45) is 0 Å². The van der Waals surface area contributed by atoms with E-state index in [4.69, 9.17) is 0 Å². The molecule has 0 radical (unpaired) electrons. The summed E-state index contributed by atoms with van der Waals surface area (Å²) < 4.78 is 0. The monoisotopic (exact) mass is 355 g/mol. The summed E-state index contributed by atoms with van der Waals surface area (Å²) in [5, 5.41) is 2.92. The molecule has 26 heavy (non-hydrogen) atoms. The zero-order valence-electron chi connectivity index (χ0n) is 15.1. The molecule has 8 nitrogen and oxygen atoms in total. The van der Waals surface area contributed by atoms with E-state index in [1.165, 1.54) is 6.33 Å². The minimum Gasteiger partial charge on any atom is -0.353 e. The summed E-state index contributed by atoms with van der Waals surface area (Å²) in [5.74, 6) is 1.40. The highest BCUT2D eigenvalue weighted by molar-refractivity contribution is 5.92. The molecule has 0 saturated carbocycles. The summed E-state index contributed by atoms with van der Waals surface area (Å²) in [7, 11) is 0. The van der Waals surface area contributed by atoms with Crippen LogP contribution >= 0.6 is 0 Å². The third-order valence-corrected chi connectivity index (χ3v) is 4.39. The first-order chi connectivity index (χ1) is 12.8. The Hall–Kier alpha value is -2.77. The molecule has 1 amide bonds. The summed E-state index contributed by atoms with van der Waals surface area (Å²) in [6, 6.07) is 3.58. The van der Waals surface area contributed by atoms with Crippen molar-refractivity contribution in [3.63, 3.8) is 0 Å². The molecule has 1 fully saturated rings. The Morgan fingerprint density at radius 1 is 1.04 bits per heavy atom. The van der Waals surface area contributed by atoms with Crippen molar-refractivity contribution in [1.29, 1.82) is 0 Å². The topological polar surface area (TPSA) is 87.1 Å². The van der Waals surface area contributed by atoms with E-state index < -0.39 is 0 Å². The minimum absolute atomic E-state index is 0.138. The third kappa shape index (κ3) is 4.65. The first-order valence-electron chi connectivity index (χ1n) is 9.15. The molecule has 8 heteroatoms. The number of amides is 1. The predicted molar refractivity (Wildman–Crippen MR) is 100 cm³/mol. The largest absolute Gasteiger partial charge is 0.353 e. The Kier molecular flexibility index (Phi) is 6.29. The zero-order valence-corrected chi connectivity index (χ0v) is 15.1. The second kappa shape index (κ2) is 9.07. The van der Waals surface area contributed by atoms with Crippen LogP contribution in [0.2, 0.25) is 0 Å². The Balaban J connectivity index is 1.56. The first-order valence-corrected chi connectivity index (χ1v) is 9.15. The van der Waals surface area contributed by atoms with Crippen molar-refractivity contribution < 1.29 is 4.79 Å². The van der Waals surface area contributed by atoms with E-state index >= 15 is 0 Å². The number of rotatable bonds is 7. The van der Waals surface area contributed by atoms with Crippen molar-refractivity contribution in [2.45, 2.75) is 26.2 Å². The fourth-order valence-corrected chi connectivity index (χ4v) is 2.90. The SMILES string of the molecule is CCCCCNC(=O)c1cc(N2CCN(c3ncccn3)CC2)ncn1. The Morgan fingerprint density at radius 2 is 1.77 bits per heavy atom. The number of anilines is 2. The van der Waals surface area contributed by atoms with Gasteiger partial charge >= 0.3 is 0 Å². The van der Waals surface area contributed by atoms with Crippen LogP contribution in [0.4, 0.5) is 11.8 Å². The van der Waals surface area contributed by atoms with Crippen LogP contribution < -0.4 is 15.1 Å². The number of hydrogen-bond acceptors (Lipinski definition) is 7. The zero-order chi connectivity index (χ0) is 18.2. The Morgan fingerprint density at radius 3 is 2.50 bits per heavy atom. The van der Waals surface area contributed by atoms with Gasteiger partial charge in [0.25, 0.3) is 5.91 Å². The van der Waals surface area contributed by atoms with E-state index in [1.807, 2.05) is 6.07 Å². The molecule has 3 rings (SSSR count). The molecule has 0 aromatic carbocycles. The van der Waals surface area contributed by atoms with Gasteiger partial charge in [0.2, 0.25) is 5.95 Å². The van der Waals surface area contributed by atoms with Gasteiger partial charge in [0, 0.05) is 51.2 Å². The van der Waals surface area contributed by atoms with E-state index in [0.717, 1.165) is 57.2 Å². The average Bonchev–Trinajstić information content (AvgIpc) is 2.72. The molecule has 2 aromatic heterocycles. The van der Waals surface area contributed by atoms with Crippen LogP contribution in [0.1, 0.15) is 36.7 Å². The lowest BCUT2D eigenvalue weighted by molar-refractivity contribution is 0.0948. The summed E-state index contributed by atoms with van der Waals surface area (Å²) in [6.45, 7) is 6.04. The normalized spacial score (nSPS) is 14.3. The van der Waals surface area contributed by atoms with Gasteiger partial charge in [-0.05, 0) is 12.5 Å². The van der Waals surface area contributed by atoms with Crippen molar-refractivity contribution >= 4 is 17.7 Å². The standard InChI is InChI=1S/C18H25N7O/c1-2-3-4-6-19-17(26)15-13-16(23-14-22-15)24-9-11-25(12-10-24)18-20-7-5-8-21-18/h5,7-8,13-14H,2-4,6,9-12H2,1H3,(H,19,26). The van der Waals surface area contributed by atoms with Gasteiger partial charge in [-0.15, -0.1) is 0 Å². The molecule has 138 valence electrons. The lowest BCUT2D eigenvalue weighted by atomic mass is 10.2. The predicted octanol–water partition coefficient (Wildman–Crippen LogP) is 1.51. The lowest BCUT2D eigenvalue weighted by Gasteiger charge is -2.35. The highest BCUT2D eigenvalue weighted by atomic mass is 16.1. The van der Waals surface area contributed by atoms with E-state index in [9.17, 15) is 4.79 Å². The van der Waals surface area contributed by atoms with Crippen LogP contribution in [-0.2, 0) is 0 Å². The smallest absolute Gasteiger partial charge is 0.270 e. The second-order valence-electron chi connectivity index (χ2n) is 6.25. The van der Waals surface area contributed by atoms with Gasteiger partial charge in [-0.25, -0.2) is 19.9 Å². The number of aromatic nitrogens is 4. The fourth-order valence-electron chi connectivity index (χ4n) is 2.90. The molecular weight excluding hydrogens is 330 g/mol. The van der Waals surface area contributed by atoms with Gasteiger partial charge in [-0.3, -0.25) is 4.79 Å². The van der Waals surface area contributed by atoms with Crippen LogP contribution in [-0.4, -0.2) is 58.6 Å². The Bertz CT molecular complexity index is 702. The summed E-state index contributed by atoms with van der Waals surface area (Å²) >= 11 is 0.